The first-order chi connectivity index (χ1) is 7.90. The first kappa shape index (κ1) is 12.1. The van der Waals surface area contributed by atoms with Gasteiger partial charge in [0.15, 0.2) is 0 Å². The molecule has 0 spiro atoms. The molecule has 2 heterocycles. The molecule has 94 valence electrons. The zero-order chi connectivity index (χ0) is 12.6. The molecular formula is C12H21N5. The summed E-state index contributed by atoms with van der Waals surface area (Å²) in [6, 6.07) is 2.60. The van der Waals surface area contributed by atoms with Gasteiger partial charge in [-0.05, 0) is 7.05 Å². The van der Waals surface area contributed by atoms with Crippen molar-refractivity contribution in [1.82, 2.24) is 15.3 Å². The number of nitrogens with zero attached hydrogens (tertiary/aromatic N) is 3. The van der Waals surface area contributed by atoms with Crippen molar-refractivity contribution in [2.45, 2.75) is 32.2 Å². The Morgan fingerprint density at radius 1 is 1.35 bits per heavy atom. The number of rotatable bonds is 2. The molecule has 1 aromatic rings. The van der Waals surface area contributed by atoms with Crippen LogP contribution in [0.25, 0.3) is 0 Å². The summed E-state index contributed by atoms with van der Waals surface area (Å²) in [5.41, 5.74) is 6.77. The van der Waals surface area contributed by atoms with Gasteiger partial charge in [0.25, 0.3) is 0 Å². The van der Waals surface area contributed by atoms with Crippen LogP contribution in [0.5, 0.6) is 0 Å². The van der Waals surface area contributed by atoms with Crippen LogP contribution in [0.15, 0.2) is 6.07 Å². The normalized spacial score (nSPS) is 17.1. The van der Waals surface area contributed by atoms with Crippen molar-refractivity contribution in [2.75, 3.05) is 30.8 Å². The van der Waals surface area contributed by atoms with E-state index in [2.05, 4.69) is 41.0 Å². The van der Waals surface area contributed by atoms with Gasteiger partial charge in [-0.2, -0.15) is 4.98 Å². The summed E-state index contributed by atoms with van der Waals surface area (Å²) in [5.74, 6) is 1.30. The van der Waals surface area contributed by atoms with Crippen molar-refractivity contribution in [3.63, 3.8) is 0 Å². The molecule has 0 atom stereocenters. The fraction of sp³-hybridized carbons (Fsp3) is 0.667. The van der Waals surface area contributed by atoms with Gasteiger partial charge in [0.05, 0.1) is 5.69 Å². The zero-order valence-corrected chi connectivity index (χ0v) is 11.0. The van der Waals surface area contributed by atoms with Crippen molar-refractivity contribution in [3.05, 3.63) is 11.8 Å². The standard InChI is InChI=1S/C12H21N5/c1-12(2,3)9-5-10(16-11(13)15-9)17-6-8(7-17)14-4/h5,8,14H,6-7H2,1-4H3,(H2,13,15,16). The Morgan fingerprint density at radius 2 is 2.00 bits per heavy atom. The topological polar surface area (TPSA) is 67.1 Å². The smallest absolute Gasteiger partial charge is 0.222 e. The molecule has 5 heteroatoms. The maximum atomic E-state index is 5.78. The van der Waals surface area contributed by atoms with Crippen molar-refractivity contribution in [2.24, 2.45) is 0 Å². The Morgan fingerprint density at radius 3 is 2.53 bits per heavy atom. The van der Waals surface area contributed by atoms with Crippen LogP contribution in [-0.2, 0) is 5.41 Å². The van der Waals surface area contributed by atoms with Crippen LogP contribution in [0, 0.1) is 0 Å². The van der Waals surface area contributed by atoms with Crippen molar-refractivity contribution < 1.29 is 0 Å². The number of nitrogens with two attached hydrogens (primary N) is 1. The van der Waals surface area contributed by atoms with E-state index >= 15 is 0 Å². The molecule has 0 unspecified atom stereocenters. The van der Waals surface area contributed by atoms with Gasteiger partial charge in [-0.25, -0.2) is 4.98 Å². The number of likely N-dealkylation sites (N-methyl/N-ethyl adjacent to an activating group) is 1. The largest absolute Gasteiger partial charge is 0.368 e. The van der Waals surface area contributed by atoms with Crippen LogP contribution in [-0.4, -0.2) is 36.1 Å². The first-order valence-corrected chi connectivity index (χ1v) is 5.97. The van der Waals surface area contributed by atoms with Crippen molar-refractivity contribution >= 4 is 11.8 Å². The lowest BCUT2D eigenvalue weighted by Gasteiger charge is -2.40. The van der Waals surface area contributed by atoms with Gasteiger partial charge >= 0.3 is 0 Å². The fourth-order valence-corrected chi connectivity index (χ4v) is 1.85. The Balaban J connectivity index is 2.22. The van der Waals surface area contributed by atoms with Gasteiger partial charge in [0, 0.05) is 30.6 Å². The van der Waals surface area contributed by atoms with Crippen LogP contribution < -0.4 is 16.0 Å². The third kappa shape index (κ3) is 2.49. The van der Waals surface area contributed by atoms with Crippen LogP contribution in [0.3, 0.4) is 0 Å². The van der Waals surface area contributed by atoms with Crippen LogP contribution in [0.1, 0.15) is 26.5 Å². The van der Waals surface area contributed by atoms with E-state index in [1.807, 2.05) is 13.1 Å². The molecule has 0 bridgehead atoms. The molecule has 2 rings (SSSR count). The molecule has 1 aromatic heterocycles. The molecule has 0 aromatic carbocycles. The highest BCUT2D eigenvalue weighted by atomic mass is 15.3. The summed E-state index contributed by atoms with van der Waals surface area (Å²) in [6.07, 6.45) is 0. The predicted octanol–water partition coefficient (Wildman–Crippen LogP) is 0.764. The quantitative estimate of drug-likeness (QED) is 0.792. The van der Waals surface area contributed by atoms with Crippen LogP contribution in [0.4, 0.5) is 11.8 Å². The van der Waals surface area contributed by atoms with E-state index < -0.39 is 0 Å². The molecule has 17 heavy (non-hydrogen) atoms. The Hall–Kier alpha value is -1.36. The van der Waals surface area contributed by atoms with Gasteiger partial charge in [-0.15, -0.1) is 0 Å². The molecule has 0 amide bonds. The highest BCUT2D eigenvalue weighted by molar-refractivity contribution is 5.47. The molecular weight excluding hydrogens is 214 g/mol. The number of aromatic nitrogens is 2. The third-order valence-electron chi connectivity index (χ3n) is 3.11. The molecule has 1 aliphatic rings. The molecule has 1 aliphatic heterocycles. The highest BCUT2D eigenvalue weighted by Gasteiger charge is 2.28. The summed E-state index contributed by atoms with van der Waals surface area (Å²) >= 11 is 0. The number of anilines is 2. The molecule has 1 fully saturated rings. The summed E-state index contributed by atoms with van der Waals surface area (Å²) in [4.78, 5) is 10.8. The van der Waals surface area contributed by atoms with Gasteiger partial charge in [0.2, 0.25) is 5.95 Å². The third-order valence-corrected chi connectivity index (χ3v) is 3.11. The lowest BCUT2D eigenvalue weighted by molar-refractivity contribution is 0.446. The van der Waals surface area contributed by atoms with Crippen LogP contribution >= 0.6 is 0 Å². The van der Waals surface area contributed by atoms with Crippen molar-refractivity contribution in [1.29, 1.82) is 0 Å². The van der Waals surface area contributed by atoms with Gasteiger partial charge < -0.3 is 16.0 Å². The Bertz CT molecular complexity index is 404. The van der Waals surface area contributed by atoms with Gasteiger partial charge in [-0.3, -0.25) is 0 Å². The van der Waals surface area contributed by atoms with E-state index in [0.717, 1.165) is 24.6 Å². The second kappa shape index (κ2) is 4.14. The van der Waals surface area contributed by atoms with Gasteiger partial charge in [-0.1, -0.05) is 20.8 Å². The summed E-state index contributed by atoms with van der Waals surface area (Å²) < 4.78 is 0. The molecule has 5 nitrogen and oxygen atoms in total. The van der Waals surface area contributed by atoms with E-state index in [9.17, 15) is 0 Å². The summed E-state index contributed by atoms with van der Waals surface area (Å²) in [7, 11) is 1.98. The minimum Gasteiger partial charge on any atom is -0.368 e. The highest BCUT2D eigenvalue weighted by Crippen LogP contribution is 2.26. The lowest BCUT2D eigenvalue weighted by Crippen LogP contribution is -2.57. The lowest BCUT2D eigenvalue weighted by atomic mass is 9.92. The van der Waals surface area contributed by atoms with Gasteiger partial charge in [0.1, 0.15) is 5.82 Å². The second-order valence-electron chi connectivity index (χ2n) is 5.61. The van der Waals surface area contributed by atoms with E-state index in [1.54, 1.807) is 0 Å². The number of nitrogens with one attached hydrogen (secondary N) is 1. The number of hydrogen-bond donors (Lipinski definition) is 2. The predicted molar refractivity (Wildman–Crippen MR) is 70.2 cm³/mol. The molecule has 0 saturated carbocycles. The molecule has 0 aliphatic carbocycles. The van der Waals surface area contributed by atoms with Crippen LogP contribution in [0.2, 0.25) is 0 Å². The Labute approximate surface area is 102 Å². The van der Waals surface area contributed by atoms with E-state index in [0.29, 0.717) is 12.0 Å². The first-order valence-electron chi connectivity index (χ1n) is 5.97. The number of nitrogen functional groups attached to an aromatic ring is 1. The van der Waals surface area contributed by atoms with E-state index in [4.69, 9.17) is 5.73 Å². The zero-order valence-electron chi connectivity index (χ0n) is 11.0. The SMILES string of the molecule is CNC1CN(c2cc(C(C)(C)C)nc(N)n2)C1. The minimum absolute atomic E-state index is 0.000908. The minimum atomic E-state index is -0.000908. The maximum absolute atomic E-state index is 5.78. The van der Waals surface area contributed by atoms with E-state index in [1.165, 1.54) is 0 Å². The fourth-order valence-electron chi connectivity index (χ4n) is 1.85. The average Bonchev–Trinajstić information content (AvgIpc) is 2.13. The average molecular weight is 235 g/mol. The second-order valence-corrected chi connectivity index (χ2v) is 5.61. The monoisotopic (exact) mass is 235 g/mol. The maximum Gasteiger partial charge on any atom is 0.222 e. The Kier molecular flexibility index (Phi) is 2.95. The van der Waals surface area contributed by atoms with E-state index in [-0.39, 0.29) is 5.41 Å². The summed E-state index contributed by atoms with van der Waals surface area (Å²) in [5, 5.41) is 3.24. The summed E-state index contributed by atoms with van der Waals surface area (Å²) in [6.45, 7) is 8.36. The molecule has 3 N–H and O–H groups in total. The molecule has 1 saturated heterocycles. The molecule has 0 radical (unpaired) electrons. The van der Waals surface area contributed by atoms with Crippen molar-refractivity contribution in [3.8, 4) is 0 Å². The number of hydrogen-bond acceptors (Lipinski definition) is 5.